The maximum absolute atomic E-state index is 13.2. The highest BCUT2D eigenvalue weighted by Gasteiger charge is 2.18. The Kier molecular flexibility index (Phi) is 5.98. The zero-order valence-electron chi connectivity index (χ0n) is 19.4. The van der Waals surface area contributed by atoms with Crippen LogP contribution in [0, 0.1) is 0 Å². The minimum Gasteiger partial charge on any atom is -0.355 e. The van der Waals surface area contributed by atoms with Crippen LogP contribution in [0.3, 0.4) is 0 Å². The van der Waals surface area contributed by atoms with E-state index in [0.717, 1.165) is 15.4 Å². The topological polar surface area (TPSA) is 154 Å². The third-order valence-corrected chi connectivity index (χ3v) is 6.27. The van der Waals surface area contributed by atoms with Crippen LogP contribution in [-0.4, -0.2) is 42.6 Å². The summed E-state index contributed by atoms with van der Waals surface area (Å²) in [5.41, 5.74) is 3.47. The van der Waals surface area contributed by atoms with Gasteiger partial charge in [0.15, 0.2) is 17.3 Å². The number of rotatable bonds is 6. The maximum Gasteiger partial charge on any atom is 0.277 e. The molecule has 0 spiro atoms. The van der Waals surface area contributed by atoms with E-state index >= 15 is 0 Å². The Morgan fingerprint density at radius 2 is 1.71 bits per heavy atom. The number of halogens is 1. The van der Waals surface area contributed by atoms with Crippen molar-refractivity contribution in [2.45, 2.75) is 0 Å². The summed E-state index contributed by atoms with van der Waals surface area (Å²) in [6, 6.07) is 23.4. The Hall–Kier alpha value is -5.10. The molecule has 6 rings (SSSR count). The van der Waals surface area contributed by atoms with Gasteiger partial charge in [0.05, 0.1) is 16.9 Å². The first-order valence-electron chi connectivity index (χ1n) is 11.4. The van der Waals surface area contributed by atoms with Gasteiger partial charge in [0.2, 0.25) is 0 Å². The molecule has 0 bridgehead atoms. The van der Waals surface area contributed by atoms with Crippen molar-refractivity contribution < 1.29 is 14.1 Å². The van der Waals surface area contributed by atoms with Gasteiger partial charge in [-0.2, -0.15) is 0 Å². The van der Waals surface area contributed by atoms with E-state index < -0.39 is 5.91 Å². The molecule has 0 fully saturated rings. The summed E-state index contributed by atoms with van der Waals surface area (Å²) in [5.74, 6) is 0.0791. The van der Waals surface area contributed by atoms with E-state index in [-0.39, 0.29) is 11.6 Å². The van der Waals surface area contributed by atoms with Gasteiger partial charge in [-0.1, -0.05) is 63.6 Å². The number of benzene rings is 3. The normalized spacial score (nSPS) is 11.0. The van der Waals surface area contributed by atoms with Crippen LogP contribution in [0.1, 0.15) is 21.0 Å². The number of fused-ring (bicyclic) bond motifs is 1. The van der Waals surface area contributed by atoms with Crippen LogP contribution in [-0.2, 0) is 0 Å². The number of amides is 2. The summed E-state index contributed by atoms with van der Waals surface area (Å²) in [4.78, 5) is 29.2. The summed E-state index contributed by atoms with van der Waals surface area (Å²) in [7, 11) is 0. The number of H-pyrrole nitrogens is 2. The molecule has 12 heteroatoms. The summed E-state index contributed by atoms with van der Waals surface area (Å²) in [5, 5.41) is 24.2. The van der Waals surface area contributed by atoms with Gasteiger partial charge in [0, 0.05) is 27.1 Å². The monoisotopic (exact) mass is 568 g/mol. The number of aromatic amines is 2. The number of para-hydroxylation sites is 1. The van der Waals surface area contributed by atoms with E-state index in [2.05, 4.69) is 57.3 Å². The molecule has 186 valence electrons. The molecule has 2 amide bonds. The van der Waals surface area contributed by atoms with Crippen LogP contribution < -0.4 is 10.6 Å². The summed E-state index contributed by atoms with van der Waals surface area (Å²) in [6.07, 6.45) is 0. The molecule has 6 aromatic rings. The molecule has 11 nitrogen and oxygen atoms in total. The molecule has 3 aromatic heterocycles. The highest BCUT2D eigenvalue weighted by atomic mass is 79.9. The lowest BCUT2D eigenvalue weighted by molar-refractivity contribution is 0.101. The molecular weight excluding hydrogens is 552 g/mol. The van der Waals surface area contributed by atoms with Crippen molar-refractivity contribution in [2.75, 3.05) is 10.6 Å². The predicted octanol–water partition coefficient (Wildman–Crippen LogP) is 5.27. The molecule has 0 aliphatic carbocycles. The third kappa shape index (κ3) is 4.55. The average Bonchev–Trinajstić information content (AvgIpc) is 3.71. The summed E-state index contributed by atoms with van der Waals surface area (Å²) < 4.78 is 6.15. The number of anilines is 2. The van der Waals surface area contributed by atoms with Gasteiger partial charge in [-0.05, 0) is 40.8 Å². The lowest BCUT2D eigenvalue weighted by Crippen LogP contribution is -2.14. The molecule has 0 atom stereocenters. The van der Waals surface area contributed by atoms with E-state index in [9.17, 15) is 9.59 Å². The van der Waals surface area contributed by atoms with Crippen LogP contribution in [0.25, 0.3) is 33.6 Å². The molecule has 4 N–H and O–H groups in total. The van der Waals surface area contributed by atoms with Crippen molar-refractivity contribution in [1.82, 2.24) is 30.8 Å². The first-order valence-corrected chi connectivity index (χ1v) is 12.1. The SMILES string of the molecule is O=C(Nc1cccc2cc(C(=O)Nc3ccc(Br)cc3-c3nnn[nH]3)[nH]c12)c1cc(-c2ccccc2)on1. The average molecular weight is 569 g/mol. The van der Waals surface area contributed by atoms with Crippen molar-refractivity contribution in [2.24, 2.45) is 0 Å². The zero-order chi connectivity index (χ0) is 26.1. The Balaban J connectivity index is 1.24. The number of nitrogens with zero attached hydrogens (tertiary/aromatic N) is 4. The number of aromatic nitrogens is 6. The Bertz CT molecular complexity index is 1780. The molecule has 0 radical (unpaired) electrons. The molecule has 3 heterocycles. The smallest absolute Gasteiger partial charge is 0.277 e. The van der Waals surface area contributed by atoms with Crippen molar-refractivity contribution in [1.29, 1.82) is 0 Å². The molecule has 0 saturated heterocycles. The standard InChI is InChI=1S/C26H17BrN8O3/c27-16-9-10-18(17(12-16)24-31-34-35-32-24)29-25(36)20-11-15-7-4-8-19(23(15)28-20)30-26(37)21-13-22(38-33-21)14-5-2-1-3-6-14/h1-13,28H,(H,29,36)(H,30,37)(H,31,32,34,35). The second-order valence-corrected chi connectivity index (χ2v) is 9.16. The number of carbonyl (C=O) groups excluding carboxylic acids is 2. The van der Waals surface area contributed by atoms with E-state index in [1.54, 1.807) is 42.5 Å². The minimum atomic E-state index is -0.441. The minimum absolute atomic E-state index is 0.134. The van der Waals surface area contributed by atoms with Crippen molar-refractivity contribution in [3.63, 3.8) is 0 Å². The maximum atomic E-state index is 13.2. The summed E-state index contributed by atoms with van der Waals surface area (Å²) >= 11 is 3.43. The first kappa shape index (κ1) is 23.3. The second-order valence-electron chi connectivity index (χ2n) is 8.24. The second kappa shape index (κ2) is 9.75. The van der Waals surface area contributed by atoms with E-state index in [0.29, 0.717) is 39.7 Å². The van der Waals surface area contributed by atoms with Gasteiger partial charge in [-0.15, -0.1) is 5.10 Å². The van der Waals surface area contributed by atoms with Crippen LogP contribution in [0.5, 0.6) is 0 Å². The van der Waals surface area contributed by atoms with Gasteiger partial charge < -0.3 is 20.1 Å². The quantitative estimate of drug-likeness (QED) is 0.213. The molecule has 0 aliphatic heterocycles. The molecular formula is C26H17BrN8O3. The van der Waals surface area contributed by atoms with Gasteiger partial charge in [-0.3, -0.25) is 9.59 Å². The lowest BCUT2D eigenvalue weighted by atomic mass is 10.1. The van der Waals surface area contributed by atoms with Gasteiger partial charge in [0.25, 0.3) is 11.8 Å². The largest absolute Gasteiger partial charge is 0.355 e. The molecule has 38 heavy (non-hydrogen) atoms. The number of nitrogens with one attached hydrogen (secondary N) is 4. The van der Waals surface area contributed by atoms with Crippen LogP contribution in [0.4, 0.5) is 11.4 Å². The van der Waals surface area contributed by atoms with Crippen molar-refractivity contribution in [3.8, 4) is 22.7 Å². The highest BCUT2D eigenvalue weighted by Crippen LogP contribution is 2.30. The first-order chi connectivity index (χ1) is 18.5. The molecule has 0 saturated carbocycles. The molecule has 3 aromatic carbocycles. The van der Waals surface area contributed by atoms with Crippen LogP contribution >= 0.6 is 15.9 Å². The van der Waals surface area contributed by atoms with E-state index in [1.165, 1.54) is 0 Å². The van der Waals surface area contributed by atoms with Crippen LogP contribution in [0.2, 0.25) is 0 Å². The lowest BCUT2D eigenvalue weighted by Gasteiger charge is -2.09. The van der Waals surface area contributed by atoms with Gasteiger partial charge in [0.1, 0.15) is 5.69 Å². The van der Waals surface area contributed by atoms with Crippen molar-refractivity contribution in [3.05, 3.63) is 94.7 Å². The molecule has 0 aliphatic rings. The van der Waals surface area contributed by atoms with E-state index in [4.69, 9.17) is 4.52 Å². The van der Waals surface area contributed by atoms with Crippen molar-refractivity contribution >= 4 is 50.0 Å². The number of carbonyl (C=O) groups is 2. The fourth-order valence-electron chi connectivity index (χ4n) is 3.97. The summed E-state index contributed by atoms with van der Waals surface area (Å²) in [6.45, 7) is 0. The Labute approximate surface area is 222 Å². The fraction of sp³-hybridized carbons (Fsp3) is 0. The number of tetrazole rings is 1. The predicted molar refractivity (Wildman–Crippen MR) is 143 cm³/mol. The zero-order valence-corrected chi connectivity index (χ0v) is 21.0. The van der Waals surface area contributed by atoms with Gasteiger partial charge in [-0.25, -0.2) is 5.10 Å². The highest BCUT2D eigenvalue weighted by molar-refractivity contribution is 9.10. The van der Waals surface area contributed by atoms with Crippen LogP contribution in [0.15, 0.2) is 87.9 Å². The van der Waals surface area contributed by atoms with Gasteiger partial charge >= 0.3 is 0 Å². The number of hydrogen-bond donors (Lipinski definition) is 4. The molecule has 0 unspecified atom stereocenters. The third-order valence-electron chi connectivity index (χ3n) is 5.78. The Morgan fingerprint density at radius 3 is 2.53 bits per heavy atom. The number of hydrogen-bond acceptors (Lipinski definition) is 7. The Morgan fingerprint density at radius 1 is 0.868 bits per heavy atom. The van der Waals surface area contributed by atoms with E-state index in [1.807, 2.05) is 36.4 Å². The fourth-order valence-corrected chi connectivity index (χ4v) is 4.34.